The Balaban J connectivity index is 1.74. The third-order valence-electron chi connectivity index (χ3n) is 3.34. The Labute approximate surface area is 143 Å². The van der Waals surface area contributed by atoms with Crippen LogP contribution >= 0.6 is 11.3 Å². The number of thiazole rings is 1. The molecule has 0 radical (unpaired) electrons. The molecule has 120 valence electrons. The summed E-state index contributed by atoms with van der Waals surface area (Å²) in [5.41, 5.74) is 1.61. The van der Waals surface area contributed by atoms with E-state index in [1.165, 1.54) is 11.3 Å². The van der Waals surface area contributed by atoms with Crippen LogP contribution in [-0.2, 0) is 0 Å². The van der Waals surface area contributed by atoms with E-state index in [1.54, 1.807) is 42.8 Å². The highest BCUT2D eigenvalue weighted by molar-refractivity contribution is 7.17. The number of carbonyl (C=O) groups is 1. The van der Waals surface area contributed by atoms with Crippen LogP contribution < -0.4 is 9.64 Å². The lowest BCUT2D eigenvalue weighted by atomic mass is 10.2. The van der Waals surface area contributed by atoms with E-state index in [-0.39, 0.29) is 12.5 Å². The molecule has 0 saturated heterocycles. The van der Waals surface area contributed by atoms with Crippen LogP contribution in [0.25, 0.3) is 10.6 Å². The first kappa shape index (κ1) is 15.8. The zero-order valence-corrected chi connectivity index (χ0v) is 13.7. The van der Waals surface area contributed by atoms with Crippen LogP contribution in [0.5, 0.6) is 5.75 Å². The van der Waals surface area contributed by atoms with Crippen molar-refractivity contribution >= 4 is 22.9 Å². The molecule has 5 nitrogen and oxygen atoms in total. The van der Waals surface area contributed by atoms with Gasteiger partial charge in [0.15, 0.2) is 0 Å². The van der Waals surface area contributed by atoms with Crippen LogP contribution in [-0.4, -0.2) is 24.5 Å². The number of hydrogen-bond acceptors (Lipinski definition) is 5. The zero-order valence-electron chi connectivity index (χ0n) is 12.9. The van der Waals surface area contributed by atoms with E-state index >= 15 is 0 Å². The number of hydrogen-bond donors (Lipinski definition) is 0. The zero-order chi connectivity index (χ0) is 16.9. The first-order chi connectivity index (χ1) is 11.7. The van der Waals surface area contributed by atoms with Crippen LogP contribution in [0.15, 0.2) is 53.5 Å². The normalized spacial score (nSPS) is 10.2. The second-order valence-electron chi connectivity index (χ2n) is 4.89. The molecule has 0 spiro atoms. The van der Waals surface area contributed by atoms with E-state index in [4.69, 9.17) is 15.6 Å². The molecule has 2 aromatic heterocycles. The van der Waals surface area contributed by atoms with Crippen molar-refractivity contribution in [1.29, 1.82) is 0 Å². The highest BCUT2D eigenvalue weighted by atomic mass is 32.1. The summed E-state index contributed by atoms with van der Waals surface area (Å²) in [6.07, 6.45) is 9.92. The van der Waals surface area contributed by atoms with Gasteiger partial charge >= 0.3 is 0 Å². The molecule has 0 unspecified atom stereocenters. The monoisotopic (exact) mass is 338 g/mol. The van der Waals surface area contributed by atoms with Crippen LogP contribution in [0.1, 0.15) is 9.67 Å². The van der Waals surface area contributed by atoms with Gasteiger partial charge in [0.05, 0.1) is 12.5 Å². The number of amides is 1. The fourth-order valence-electron chi connectivity index (χ4n) is 2.07. The standard InChI is InChI=1S/C18H14N2O3S/c1-3-9-23-15-6-4-14(5-7-15)20(2)18(21)16-11-19-17(24-16)13-8-10-22-12-13/h1,4-8,10-12H,9H2,2H3. The van der Waals surface area contributed by atoms with Gasteiger partial charge in [-0.15, -0.1) is 17.8 Å². The van der Waals surface area contributed by atoms with Crippen molar-refractivity contribution < 1.29 is 13.9 Å². The largest absolute Gasteiger partial charge is 0.481 e. The minimum absolute atomic E-state index is 0.125. The van der Waals surface area contributed by atoms with E-state index in [9.17, 15) is 4.79 Å². The Bertz CT molecular complexity index is 861. The molecule has 0 aliphatic rings. The van der Waals surface area contributed by atoms with E-state index < -0.39 is 0 Å². The van der Waals surface area contributed by atoms with E-state index in [0.29, 0.717) is 10.6 Å². The Morgan fingerprint density at radius 3 is 2.83 bits per heavy atom. The maximum absolute atomic E-state index is 12.6. The van der Waals surface area contributed by atoms with Gasteiger partial charge in [0.1, 0.15) is 28.5 Å². The summed E-state index contributed by atoms with van der Waals surface area (Å²) in [5, 5.41) is 0.749. The maximum Gasteiger partial charge on any atom is 0.269 e. The second-order valence-corrected chi connectivity index (χ2v) is 5.92. The molecule has 0 saturated carbocycles. The number of carbonyl (C=O) groups excluding carboxylic acids is 1. The summed E-state index contributed by atoms with van der Waals surface area (Å²) in [4.78, 5) is 19.0. The number of nitrogens with zero attached hydrogens (tertiary/aromatic N) is 2. The van der Waals surface area contributed by atoms with Crippen LogP contribution in [0.4, 0.5) is 5.69 Å². The minimum Gasteiger partial charge on any atom is -0.481 e. The average Bonchev–Trinajstić information content (AvgIpc) is 3.30. The average molecular weight is 338 g/mol. The molecular weight excluding hydrogens is 324 g/mol. The number of aromatic nitrogens is 1. The number of benzene rings is 1. The van der Waals surface area contributed by atoms with Gasteiger partial charge in [0.25, 0.3) is 5.91 Å². The highest BCUT2D eigenvalue weighted by Crippen LogP contribution is 2.27. The number of ether oxygens (including phenoxy) is 1. The Hall–Kier alpha value is -3.04. The summed E-state index contributed by atoms with van der Waals surface area (Å²) in [5.74, 6) is 2.95. The van der Waals surface area contributed by atoms with E-state index in [2.05, 4.69) is 10.9 Å². The van der Waals surface area contributed by atoms with Gasteiger partial charge in [-0.05, 0) is 30.3 Å². The van der Waals surface area contributed by atoms with Crippen molar-refractivity contribution in [2.24, 2.45) is 0 Å². The molecule has 0 fully saturated rings. The van der Waals surface area contributed by atoms with Crippen molar-refractivity contribution in [1.82, 2.24) is 4.98 Å². The number of anilines is 1. The highest BCUT2D eigenvalue weighted by Gasteiger charge is 2.17. The van der Waals surface area contributed by atoms with Crippen molar-refractivity contribution in [3.63, 3.8) is 0 Å². The van der Waals surface area contributed by atoms with Gasteiger partial charge < -0.3 is 14.1 Å². The smallest absolute Gasteiger partial charge is 0.269 e. The van der Waals surface area contributed by atoms with E-state index in [0.717, 1.165) is 16.3 Å². The second kappa shape index (κ2) is 7.02. The maximum atomic E-state index is 12.6. The van der Waals surface area contributed by atoms with Crippen molar-refractivity contribution in [3.05, 3.63) is 53.9 Å². The quantitative estimate of drug-likeness (QED) is 0.666. The van der Waals surface area contributed by atoms with Gasteiger partial charge in [-0.25, -0.2) is 4.98 Å². The van der Waals surface area contributed by atoms with E-state index in [1.807, 2.05) is 18.2 Å². The Morgan fingerprint density at radius 2 is 2.17 bits per heavy atom. The Morgan fingerprint density at radius 1 is 1.38 bits per heavy atom. The van der Waals surface area contributed by atoms with Crippen molar-refractivity contribution in [2.45, 2.75) is 0 Å². The SMILES string of the molecule is C#CCOc1ccc(N(C)C(=O)c2cnc(-c3ccoc3)s2)cc1. The number of furan rings is 1. The van der Waals surface area contributed by atoms with Crippen LogP contribution in [0.2, 0.25) is 0 Å². The minimum atomic E-state index is -0.125. The summed E-state index contributed by atoms with van der Waals surface area (Å²) in [6.45, 7) is 0.214. The molecule has 0 aliphatic heterocycles. The molecule has 24 heavy (non-hydrogen) atoms. The molecule has 0 aliphatic carbocycles. The molecule has 1 amide bonds. The molecule has 0 N–H and O–H groups in total. The number of rotatable bonds is 5. The first-order valence-electron chi connectivity index (χ1n) is 7.12. The van der Waals surface area contributed by atoms with Gasteiger partial charge in [-0.1, -0.05) is 5.92 Å². The molecule has 1 aromatic carbocycles. The summed E-state index contributed by atoms with van der Waals surface area (Å²) < 4.78 is 10.4. The fourth-order valence-corrected chi connectivity index (χ4v) is 2.94. The third-order valence-corrected chi connectivity index (χ3v) is 4.37. The van der Waals surface area contributed by atoms with Gasteiger partial charge in [0, 0.05) is 18.3 Å². The molecule has 3 rings (SSSR count). The summed E-state index contributed by atoms with van der Waals surface area (Å²) in [6, 6.07) is 8.98. The predicted octanol–water partition coefficient (Wildman–Crippen LogP) is 3.69. The topological polar surface area (TPSA) is 55.6 Å². The first-order valence-corrected chi connectivity index (χ1v) is 7.93. The summed E-state index contributed by atoms with van der Waals surface area (Å²) >= 11 is 1.33. The third kappa shape index (κ3) is 3.31. The van der Waals surface area contributed by atoms with Gasteiger partial charge in [-0.3, -0.25) is 4.79 Å². The van der Waals surface area contributed by atoms with Crippen LogP contribution in [0, 0.1) is 12.3 Å². The lowest BCUT2D eigenvalue weighted by Gasteiger charge is -2.16. The predicted molar refractivity (Wildman–Crippen MR) is 93.3 cm³/mol. The fraction of sp³-hybridized carbons (Fsp3) is 0.111. The van der Waals surface area contributed by atoms with Gasteiger partial charge in [-0.2, -0.15) is 0 Å². The summed E-state index contributed by atoms with van der Waals surface area (Å²) in [7, 11) is 1.72. The number of terminal acetylenes is 1. The van der Waals surface area contributed by atoms with Crippen molar-refractivity contribution in [2.75, 3.05) is 18.6 Å². The van der Waals surface area contributed by atoms with Gasteiger partial charge in [0.2, 0.25) is 0 Å². The molecule has 3 aromatic rings. The Kier molecular flexibility index (Phi) is 4.64. The lowest BCUT2D eigenvalue weighted by Crippen LogP contribution is -2.25. The molecular formula is C18H14N2O3S. The molecule has 0 bridgehead atoms. The lowest BCUT2D eigenvalue weighted by molar-refractivity contribution is 0.0996. The van der Waals surface area contributed by atoms with Crippen LogP contribution in [0.3, 0.4) is 0 Å². The molecule has 6 heteroatoms. The molecule has 2 heterocycles. The molecule has 0 atom stereocenters. The van der Waals surface area contributed by atoms with Crippen molar-refractivity contribution in [3.8, 4) is 28.7 Å².